The first kappa shape index (κ1) is 10.3. The van der Waals surface area contributed by atoms with Crippen LogP contribution in [0.3, 0.4) is 0 Å². The van der Waals surface area contributed by atoms with Crippen LogP contribution in [0.1, 0.15) is 6.92 Å². The van der Waals surface area contributed by atoms with E-state index in [-0.39, 0.29) is 0 Å². The van der Waals surface area contributed by atoms with Crippen molar-refractivity contribution < 1.29 is 4.39 Å². The van der Waals surface area contributed by atoms with Gasteiger partial charge in [0.05, 0.1) is 0 Å². The number of piperazine rings is 1. The average molecular weight is 210 g/mol. The minimum absolute atomic E-state index is 0.466. The number of aromatic nitrogens is 2. The van der Waals surface area contributed by atoms with E-state index in [2.05, 4.69) is 33.7 Å². The van der Waals surface area contributed by atoms with Crippen LogP contribution in [-0.4, -0.2) is 47.6 Å². The van der Waals surface area contributed by atoms with Crippen LogP contribution in [0, 0.1) is 5.95 Å². The molecule has 0 amide bonds. The quantitative estimate of drug-likeness (QED) is 0.640. The molecule has 1 fully saturated rings. The first-order valence-corrected chi connectivity index (χ1v) is 5.09. The highest BCUT2D eigenvalue weighted by Crippen LogP contribution is 2.15. The first-order valence-electron chi connectivity index (χ1n) is 5.09. The summed E-state index contributed by atoms with van der Waals surface area (Å²) >= 11 is 0. The monoisotopic (exact) mass is 210 g/mol. The minimum Gasteiger partial charge on any atom is -0.354 e. The Morgan fingerprint density at radius 1 is 1.40 bits per heavy atom. The van der Waals surface area contributed by atoms with Gasteiger partial charge >= 0.3 is 0 Å². The Hall–Kier alpha value is -1.23. The lowest BCUT2D eigenvalue weighted by atomic mass is 10.2. The second kappa shape index (κ2) is 4.10. The van der Waals surface area contributed by atoms with Crippen molar-refractivity contribution in [3.63, 3.8) is 0 Å². The van der Waals surface area contributed by atoms with Gasteiger partial charge in [-0.15, -0.1) is 0 Å². The Morgan fingerprint density at radius 3 is 2.87 bits per heavy atom. The normalized spacial score (nSPS) is 23.1. The summed E-state index contributed by atoms with van der Waals surface area (Å²) in [5.74, 6) is 0.217. The van der Waals surface area contributed by atoms with Gasteiger partial charge in [-0.1, -0.05) is 0 Å². The van der Waals surface area contributed by atoms with Gasteiger partial charge in [-0.3, -0.25) is 0 Å². The van der Waals surface area contributed by atoms with E-state index in [0.717, 1.165) is 19.6 Å². The zero-order chi connectivity index (χ0) is 10.8. The van der Waals surface area contributed by atoms with Crippen LogP contribution < -0.4 is 4.90 Å². The van der Waals surface area contributed by atoms with Crippen LogP contribution in [0.15, 0.2) is 12.4 Å². The SMILES string of the molecule is CC1CN(c2cc(F)ncn2)CCN1C. The summed E-state index contributed by atoms with van der Waals surface area (Å²) in [5, 5.41) is 0. The van der Waals surface area contributed by atoms with Crippen molar-refractivity contribution in [1.29, 1.82) is 0 Å². The van der Waals surface area contributed by atoms with Crippen molar-refractivity contribution in [2.24, 2.45) is 0 Å². The number of rotatable bonds is 1. The third-order valence-corrected chi connectivity index (χ3v) is 2.90. The molecule has 1 aliphatic rings. The van der Waals surface area contributed by atoms with Crippen molar-refractivity contribution in [2.75, 3.05) is 31.6 Å². The Bertz CT molecular complexity index is 344. The molecule has 0 saturated carbocycles. The summed E-state index contributed by atoms with van der Waals surface area (Å²) in [6.45, 7) is 4.90. The molecule has 2 heterocycles. The summed E-state index contributed by atoms with van der Waals surface area (Å²) in [6.07, 6.45) is 1.27. The summed E-state index contributed by atoms with van der Waals surface area (Å²) in [5.41, 5.74) is 0. The molecular weight excluding hydrogens is 195 g/mol. The van der Waals surface area contributed by atoms with E-state index in [1.807, 2.05) is 0 Å². The maximum absolute atomic E-state index is 12.9. The lowest BCUT2D eigenvalue weighted by Crippen LogP contribution is -2.50. The van der Waals surface area contributed by atoms with Crippen molar-refractivity contribution in [1.82, 2.24) is 14.9 Å². The maximum atomic E-state index is 12.9. The van der Waals surface area contributed by atoms with E-state index in [0.29, 0.717) is 11.9 Å². The van der Waals surface area contributed by atoms with Crippen molar-refractivity contribution in [3.05, 3.63) is 18.3 Å². The molecule has 1 aliphatic heterocycles. The molecule has 82 valence electrons. The fraction of sp³-hybridized carbons (Fsp3) is 0.600. The first-order chi connectivity index (χ1) is 7.16. The molecule has 1 saturated heterocycles. The largest absolute Gasteiger partial charge is 0.354 e. The summed E-state index contributed by atoms with van der Waals surface area (Å²) in [7, 11) is 2.10. The Morgan fingerprint density at radius 2 is 2.20 bits per heavy atom. The zero-order valence-electron chi connectivity index (χ0n) is 9.02. The van der Waals surface area contributed by atoms with Crippen LogP contribution in [0.25, 0.3) is 0 Å². The Balaban J connectivity index is 2.12. The second-order valence-electron chi connectivity index (χ2n) is 3.97. The topological polar surface area (TPSA) is 32.3 Å². The van der Waals surface area contributed by atoms with Gasteiger partial charge in [-0.25, -0.2) is 9.97 Å². The average Bonchev–Trinajstić information content (AvgIpc) is 2.22. The maximum Gasteiger partial charge on any atom is 0.218 e. The highest BCUT2D eigenvalue weighted by atomic mass is 19.1. The molecule has 15 heavy (non-hydrogen) atoms. The number of anilines is 1. The van der Waals surface area contributed by atoms with E-state index in [9.17, 15) is 4.39 Å². The van der Waals surface area contributed by atoms with E-state index < -0.39 is 5.95 Å². The van der Waals surface area contributed by atoms with E-state index in [4.69, 9.17) is 0 Å². The van der Waals surface area contributed by atoms with Gasteiger partial charge in [-0.2, -0.15) is 4.39 Å². The third kappa shape index (κ3) is 2.23. The Labute approximate surface area is 88.7 Å². The minimum atomic E-state index is -0.466. The summed E-state index contributed by atoms with van der Waals surface area (Å²) in [6, 6.07) is 1.86. The van der Waals surface area contributed by atoms with Gasteiger partial charge in [0.15, 0.2) is 0 Å². The highest BCUT2D eigenvalue weighted by molar-refractivity contribution is 5.37. The molecule has 1 aromatic heterocycles. The molecule has 4 nitrogen and oxygen atoms in total. The molecule has 0 radical (unpaired) electrons. The number of halogens is 1. The van der Waals surface area contributed by atoms with Crippen molar-refractivity contribution >= 4 is 5.82 Å². The van der Waals surface area contributed by atoms with Gasteiger partial charge in [0, 0.05) is 31.7 Å². The molecule has 0 N–H and O–H groups in total. The van der Waals surface area contributed by atoms with E-state index >= 15 is 0 Å². The second-order valence-corrected chi connectivity index (χ2v) is 3.97. The summed E-state index contributed by atoms with van der Waals surface area (Å²) in [4.78, 5) is 11.9. The molecule has 0 aliphatic carbocycles. The highest BCUT2D eigenvalue weighted by Gasteiger charge is 2.21. The molecule has 0 spiro atoms. The van der Waals surface area contributed by atoms with E-state index in [1.54, 1.807) is 0 Å². The van der Waals surface area contributed by atoms with Gasteiger partial charge in [0.2, 0.25) is 5.95 Å². The van der Waals surface area contributed by atoms with Crippen LogP contribution in [0.2, 0.25) is 0 Å². The number of hydrogen-bond donors (Lipinski definition) is 0. The van der Waals surface area contributed by atoms with Crippen LogP contribution in [0.5, 0.6) is 0 Å². The van der Waals surface area contributed by atoms with Gasteiger partial charge < -0.3 is 9.80 Å². The van der Waals surface area contributed by atoms with Gasteiger partial charge in [0.1, 0.15) is 12.1 Å². The molecule has 0 aromatic carbocycles. The molecule has 1 aromatic rings. The standard InChI is InChI=1S/C10H15FN4/c1-8-6-15(4-3-14(8)2)10-5-9(11)12-7-13-10/h5,7-8H,3-4,6H2,1-2H3. The summed E-state index contributed by atoms with van der Waals surface area (Å²) < 4.78 is 12.9. The van der Waals surface area contributed by atoms with E-state index in [1.165, 1.54) is 12.4 Å². The fourth-order valence-electron chi connectivity index (χ4n) is 1.75. The smallest absolute Gasteiger partial charge is 0.218 e. The molecule has 5 heteroatoms. The number of hydrogen-bond acceptors (Lipinski definition) is 4. The molecule has 0 bridgehead atoms. The Kier molecular flexibility index (Phi) is 2.81. The predicted octanol–water partition coefficient (Wildman–Crippen LogP) is 0.756. The zero-order valence-corrected chi connectivity index (χ0v) is 9.02. The molecule has 1 atom stereocenters. The van der Waals surface area contributed by atoms with Gasteiger partial charge in [-0.05, 0) is 14.0 Å². The lowest BCUT2D eigenvalue weighted by molar-refractivity contribution is 0.233. The third-order valence-electron chi connectivity index (χ3n) is 2.90. The van der Waals surface area contributed by atoms with Crippen LogP contribution in [0.4, 0.5) is 10.2 Å². The predicted molar refractivity (Wildman–Crippen MR) is 56.3 cm³/mol. The van der Waals surface area contributed by atoms with Crippen LogP contribution in [-0.2, 0) is 0 Å². The van der Waals surface area contributed by atoms with Crippen LogP contribution >= 0.6 is 0 Å². The van der Waals surface area contributed by atoms with Gasteiger partial charge in [0.25, 0.3) is 0 Å². The molecular formula is C10H15FN4. The fourth-order valence-corrected chi connectivity index (χ4v) is 1.75. The van der Waals surface area contributed by atoms with Crippen molar-refractivity contribution in [2.45, 2.75) is 13.0 Å². The molecule has 2 rings (SSSR count). The molecule has 1 unspecified atom stereocenters. The lowest BCUT2D eigenvalue weighted by Gasteiger charge is -2.38. The van der Waals surface area contributed by atoms with Crippen molar-refractivity contribution in [3.8, 4) is 0 Å². The number of likely N-dealkylation sites (N-methyl/N-ethyl adjacent to an activating group) is 1. The number of nitrogens with zero attached hydrogens (tertiary/aromatic N) is 4.